The second kappa shape index (κ2) is 7.77. The molecule has 1 saturated heterocycles. The fourth-order valence-electron chi connectivity index (χ4n) is 3.12. The van der Waals surface area contributed by atoms with Gasteiger partial charge in [-0.15, -0.1) is 0 Å². The second-order valence-corrected chi connectivity index (χ2v) is 6.25. The van der Waals surface area contributed by atoms with Crippen LogP contribution in [0.4, 0.5) is 0 Å². The van der Waals surface area contributed by atoms with Crippen LogP contribution < -0.4 is 0 Å². The molecule has 1 heterocycles. The van der Waals surface area contributed by atoms with Gasteiger partial charge < -0.3 is 9.69 Å². The molecule has 1 aliphatic heterocycles. The highest BCUT2D eigenvalue weighted by Gasteiger charge is 2.34. The minimum absolute atomic E-state index is 0.207. The van der Waals surface area contributed by atoms with E-state index in [4.69, 9.17) is 0 Å². The standard InChI is InChI=1S/C16H30N2O2/c1-6-8-16(20)18-10-7-9-15(18)17(5)14(4)12(2)11-13(3)19/h12,14-15H,6-11H2,1-5H3. The smallest absolute Gasteiger partial charge is 0.223 e. The summed E-state index contributed by atoms with van der Waals surface area (Å²) in [5.41, 5.74) is 0. The molecule has 0 radical (unpaired) electrons. The first-order valence-electron chi connectivity index (χ1n) is 7.89. The van der Waals surface area contributed by atoms with Gasteiger partial charge in [0, 0.05) is 25.4 Å². The first-order valence-corrected chi connectivity index (χ1v) is 7.89. The number of nitrogens with zero attached hydrogens (tertiary/aromatic N) is 2. The monoisotopic (exact) mass is 282 g/mol. The molecular formula is C16H30N2O2. The van der Waals surface area contributed by atoms with Crippen molar-refractivity contribution in [3.8, 4) is 0 Å². The van der Waals surface area contributed by atoms with Crippen molar-refractivity contribution in [2.24, 2.45) is 5.92 Å². The number of likely N-dealkylation sites (tertiary alicyclic amines) is 1. The van der Waals surface area contributed by atoms with Gasteiger partial charge in [-0.3, -0.25) is 9.69 Å². The average molecular weight is 282 g/mol. The number of carbonyl (C=O) groups is 2. The lowest BCUT2D eigenvalue weighted by atomic mass is 9.96. The van der Waals surface area contributed by atoms with Crippen LogP contribution in [0.1, 0.15) is 59.8 Å². The third-order valence-electron chi connectivity index (χ3n) is 4.55. The zero-order chi connectivity index (χ0) is 15.3. The Morgan fingerprint density at radius 2 is 2.00 bits per heavy atom. The lowest BCUT2D eigenvalue weighted by Gasteiger charge is -2.38. The molecule has 1 fully saturated rings. The summed E-state index contributed by atoms with van der Waals surface area (Å²) in [4.78, 5) is 27.8. The van der Waals surface area contributed by atoms with E-state index in [1.165, 1.54) is 0 Å². The van der Waals surface area contributed by atoms with Crippen molar-refractivity contribution in [3.05, 3.63) is 0 Å². The minimum Gasteiger partial charge on any atom is -0.327 e. The largest absolute Gasteiger partial charge is 0.327 e. The molecule has 20 heavy (non-hydrogen) atoms. The van der Waals surface area contributed by atoms with Crippen LogP contribution in [0.5, 0.6) is 0 Å². The lowest BCUT2D eigenvalue weighted by Crippen LogP contribution is -2.50. The molecule has 1 rings (SSSR count). The molecule has 0 aromatic rings. The van der Waals surface area contributed by atoms with E-state index in [0.717, 1.165) is 25.8 Å². The Morgan fingerprint density at radius 1 is 1.35 bits per heavy atom. The van der Waals surface area contributed by atoms with Crippen LogP contribution in [0.25, 0.3) is 0 Å². The number of carbonyl (C=O) groups excluding carboxylic acids is 2. The van der Waals surface area contributed by atoms with Crippen LogP contribution in [0.15, 0.2) is 0 Å². The predicted molar refractivity (Wildman–Crippen MR) is 81.3 cm³/mol. The molecule has 4 heteroatoms. The summed E-state index contributed by atoms with van der Waals surface area (Å²) in [6.07, 6.45) is 4.49. The van der Waals surface area contributed by atoms with Crippen LogP contribution in [-0.4, -0.2) is 47.3 Å². The fourth-order valence-corrected chi connectivity index (χ4v) is 3.12. The van der Waals surface area contributed by atoms with Gasteiger partial charge in [-0.05, 0) is 46.1 Å². The summed E-state index contributed by atoms with van der Waals surface area (Å²) in [5.74, 6) is 0.831. The molecule has 1 aliphatic rings. The molecule has 0 aromatic heterocycles. The predicted octanol–water partition coefficient (Wildman–Crippen LogP) is 2.67. The maximum absolute atomic E-state index is 12.2. The summed E-state index contributed by atoms with van der Waals surface area (Å²) >= 11 is 0. The van der Waals surface area contributed by atoms with Gasteiger partial charge in [-0.1, -0.05) is 13.8 Å². The third-order valence-corrected chi connectivity index (χ3v) is 4.55. The molecule has 0 spiro atoms. The summed E-state index contributed by atoms with van der Waals surface area (Å²) in [7, 11) is 2.09. The first kappa shape index (κ1) is 17.2. The Labute approximate surface area is 123 Å². The van der Waals surface area contributed by atoms with Crippen LogP contribution in [-0.2, 0) is 9.59 Å². The molecule has 1 amide bonds. The van der Waals surface area contributed by atoms with E-state index >= 15 is 0 Å². The fraction of sp³-hybridized carbons (Fsp3) is 0.875. The molecule has 0 aromatic carbocycles. The number of rotatable bonds is 7. The van der Waals surface area contributed by atoms with Crippen molar-refractivity contribution < 1.29 is 9.59 Å². The second-order valence-electron chi connectivity index (χ2n) is 6.25. The van der Waals surface area contributed by atoms with Crippen LogP contribution in [0, 0.1) is 5.92 Å². The number of hydrogen-bond acceptors (Lipinski definition) is 3. The zero-order valence-corrected chi connectivity index (χ0v) is 13.7. The van der Waals surface area contributed by atoms with Crippen molar-refractivity contribution in [2.75, 3.05) is 13.6 Å². The van der Waals surface area contributed by atoms with Gasteiger partial charge in [0.2, 0.25) is 5.91 Å². The topological polar surface area (TPSA) is 40.6 Å². The Bertz CT molecular complexity index is 343. The summed E-state index contributed by atoms with van der Waals surface area (Å²) < 4.78 is 0. The number of ketones is 1. The Morgan fingerprint density at radius 3 is 2.55 bits per heavy atom. The first-order chi connectivity index (χ1) is 9.38. The molecule has 0 bridgehead atoms. The lowest BCUT2D eigenvalue weighted by molar-refractivity contribution is -0.136. The van der Waals surface area contributed by atoms with Crippen LogP contribution in [0.2, 0.25) is 0 Å². The van der Waals surface area contributed by atoms with Gasteiger partial charge in [-0.25, -0.2) is 0 Å². The molecule has 0 N–H and O–H groups in total. The van der Waals surface area contributed by atoms with Gasteiger partial charge in [0.05, 0.1) is 6.17 Å². The highest BCUT2D eigenvalue weighted by Crippen LogP contribution is 2.25. The van der Waals surface area contributed by atoms with E-state index in [2.05, 4.69) is 25.8 Å². The summed E-state index contributed by atoms with van der Waals surface area (Å²) in [6, 6.07) is 0.305. The van der Waals surface area contributed by atoms with Crippen molar-refractivity contribution in [2.45, 2.75) is 72.0 Å². The maximum Gasteiger partial charge on any atom is 0.223 e. The van der Waals surface area contributed by atoms with E-state index in [1.54, 1.807) is 6.92 Å². The van der Waals surface area contributed by atoms with Crippen molar-refractivity contribution in [1.82, 2.24) is 9.80 Å². The van der Waals surface area contributed by atoms with E-state index in [1.807, 2.05) is 11.8 Å². The molecule has 0 aliphatic carbocycles. The number of hydrogen-bond donors (Lipinski definition) is 0. The highest BCUT2D eigenvalue weighted by atomic mass is 16.2. The molecular weight excluding hydrogens is 252 g/mol. The zero-order valence-electron chi connectivity index (χ0n) is 13.7. The molecule has 116 valence electrons. The van der Waals surface area contributed by atoms with E-state index in [0.29, 0.717) is 24.8 Å². The molecule has 0 saturated carbocycles. The number of Topliss-reactive ketones (excluding diaryl/α,β-unsaturated/α-hetero) is 1. The maximum atomic E-state index is 12.2. The van der Waals surface area contributed by atoms with Gasteiger partial charge in [0.1, 0.15) is 5.78 Å². The molecule has 3 atom stereocenters. The van der Waals surface area contributed by atoms with E-state index in [-0.39, 0.29) is 17.9 Å². The van der Waals surface area contributed by atoms with Crippen molar-refractivity contribution >= 4 is 11.7 Å². The third kappa shape index (κ3) is 4.30. The Hall–Kier alpha value is -0.900. The van der Waals surface area contributed by atoms with Gasteiger partial charge in [0.15, 0.2) is 0 Å². The van der Waals surface area contributed by atoms with Gasteiger partial charge in [0.25, 0.3) is 0 Å². The molecule has 4 nitrogen and oxygen atoms in total. The van der Waals surface area contributed by atoms with Gasteiger partial charge >= 0.3 is 0 Å². The highest BCUT2D eigenvalue weighted by molar-refractivity contribution is 5.76. The Balaban J connectivity index is 2.66. The summed E-state index contributed by atoms with van der Waals surface area (Å²) in [6.45, 7) is 8.85. The van der Waals surface area contributed by atoms with Crippen molar-refractivity contribution in [1.29, 1.82) is 0 Å². The Kier molecular flexibility index (Phi) is 6.66. The normalized spacial score (nSPS) is 22.1. The summed E-state index contributed by atoms with van der Waals surface area (Å²) in [5, 5.41) is 0. The van der Waals surface area contributed by atoms with Crippen LogP contribution in [0.3, 0.4) is 0 Å². The molecule has 3 unspecified atom stereocenters. The SMILES string of the molecule is CCCC(=O)N1CCCC1N(C)C(C)C(C)CC(C)=O. The van der Waals surface area contributed by atoms with Gasteiger partial charge in [-0.2, -0.15) is 0 Å². The number of amides is 1. The minimum atomic E-state index is 0.207. The van der Waals surface area contributed by atoms with E-state index in [9.17, 15) is 9.59 Å². The van der Waals surface area contributed by atoms with Crippen molar-refractivity contribution in [3.63, 3.8) is 0 Å². The van der Waals surface area contributed by atoms with Crippen LogP contribution >= 0.6 is 0 Å². The van der Waals surface area contributed by atoms with E-state index < -0.39 is 0 Å². The average Bonchev–Trinajstić information content (AvgIpc) is 2.85. The quantitative estimate of drug-likeness (QED) is 0.721.